The van der Waals surface area contributed by atoms with E-state index < -0.39 is 0 Å². The van der Waals surface area contributed by atoms with Crippen LogP contribution in [0.1, 0.15) is 39.5 Å². The molecule has 0 atom stereocenters. The summed E-state index contributed by atoms with van der Waals surface area (Å²) in [6.45, 7) is 5.83. The van der Waals surface area contributed by atoms with E-state index in [-0.39, 0.29) is 5.97 Å². The molecule has 0 aromatic rings. The zero-order valence-electron chi connectivity index (χ0n) is 9.66. The summed E-state index contributed by atoms with van der Waals surface area (Å²) in [4.78, 5) is 11.3. The van der Waals surface area contributed by atoms with Crippen LogP contribution in [0.5, 0.6) is 0 Å². The van der Waals surface area contributed by atoms with Crippen LogP contribution in [-0.2, 0) is 9.53 Å². The Hall–Kier alpha value is -1.06. The number of esters is 1. The van der Waals surface area contributed by atoms with E-state index in [9.17, 15) is 4.79 Å². The summed E-state index contributed by atoms with van der Waals surface area (Å²) in [7, 11) is 0. The van der Waals surface area contributed by atoms with Gasteiger partial charge in [-0.05, 0) is 26.7 Å². The molecule has 0 amide bonds. The van der Waals surface area contributed by atoms with E-state index in [1.165, 1.54) is 25.7 Å². The van der Waals surface area contributed by atoms with Gasteiger partial charge in [-0.3, -0.25) is 5.01 Å². The molecule has 4 heteroatoms. The average molecular weight is 212 g/mol. The third-order valence-electron chi connectivity index (χ3n) is 2.44. The molecule has 0 spiro atoms. The standard InChI is InChI=1S/C11H20N2O2/c1-3-15-11(14)10(2)12-13-8-6-4-5-7-9-13/h3-9H2,1-2H3. The molecule has 1 heterocycles. The number of rotatable bonds is 3. The third kappa shape index (κ3) is 4.32. The minimum absolute atomic E-state index is 0.304. The SMILES string of the molecule is CCOC(=O)C(C)=NN1CCCCCC1. The van der Waals surface area contributed by atoms with Crippen molar-refractivity contribution in [3.05, 3.63) is 0 Å². The first-order valence-corrected chi connectivity index (χ1v) is 5.71. The van der Waals surface area contributed by atoms with Crippen LogP contribution in [-0.4, -0.2) is 36.4 Å². The van der Waals surface area contributed by atoms with Crippen molar-refractivity contribution in [2.75, 3.05) is 19.7 Å². The maximum atomic E-state index is 11.3. The highest BCUT2D eigenvalue weighted by Crippen LogP contribution is 2.09. The lowest BCUT2D eigenvalue weighted by Crippen LogP contribution is -2.23. The smallest absolute Gasteiger partial charge is 0.354 e. The summed E-state index contributed by atoms with van der Waals surface area (Å²) in [5.74, 6) is -0.304. The molecule has 0 N–H and O–H groups in total. The topological polar surface area (TPSA) is 41.9 Å². The van der Waals surface area contributed by atoms with Crippen molar-refractivity contribution in [2.24, 2.45) is 5.10 Å². The van der Waals surface area contributed by atoms with E-state index in [4.69, 9.17) is 4.74 Å². The van der Waals surface area contributed by atoms with Gasteiger partial charge in [-0.1, -0.05) is 12.8 Å². The number of ether oxygens (including phenoxy) is 1. The Morgan fingerprint density at radius 1 is 1.27 bits per heavy atom. The van der Waals surface area contributed by atoms with Gasteiger partial charge in [-0.2, -0.15) is 5.10 Å². The largest absolute Gasteiger partial charge is 0.461 e. The highest BCUT2D eigenvalue weighted by molar-refractivity contribution is 6.35. The van der Waals surface area contributed by atoms with E-state index in [1.807, 2.05) is 5.01 Å². The molecule has 1 rings (SSSR count). The van der Waals surface area contributed by atoms with Crippen molar-refractivity contribution in [3.63, 3.8) is 0 Å². The fourth-order valence-corrected chi connectivity index (χ4v) is 1.64. The normalized spacial score (nSPS) is 18.5. The van der Waals surface area contributed by atoms with Gasteiger partial charge in [-0.15, -0.1) is 0 Å². The number of hydrazone groups is 1. The molecule has 1 aliphatic rings. The van der Waals surface area contributed by atoms with Crippen molar-refractivity contribution >= 4 is 11.7 Å². The Morgan fingerprint density at radius 2 is 1.87 bits per heavy atom. The molecule has 0 unspecified atom stereocenters. The highest BCUT2D eigenvalue weighted by Gasteiger charge is 2.11. The maximum Gasteiger partial charge on any atom is 0.354 e. The zero-order chi connectivity index (χ0) is 11.1. The minimum atomic E-state index is -0.304. The summed E-state index contributed by atoms with van der Waals surface area (Å²) in [6, 6.07) is 0. The second-order valence-electron chi connectivity index (χ2n) is 3.77. The van der Waals surface area contributed by atoms with Crippen molar-refractivity contribution < 1.29 is 9.53 Å². The predicted octanol–water partition coefficient (Wildman–Crippen LogP) is 1.80. The molecule has 0 radical (unpaired) electrons. The first kappa shape index (κ1) is 12.0. The Labute approximate surface area is 91.3 Å². The first-order chi connectivity index (χ1) is 7.24. The monoisotopic (exact) mass is 212 g/mol. The van der Waals surface area contributed by atoms with Gasteiger partial charge in [0.15, 0.2) is 0 Å². The lowest BCUT2D eigenvalue weighted by Gasteiger charge is -2.16. The molecular weight excluding hydrogens is 192 g/mol. The van der Waals surface area contributed by atoms with Crippen LogP contribution in [0.25, 0.3) is 0 Å². The number of carbonyl (C=O) groups excluding carboxylic acids is 1. The first-order valence-electron chi connectivity index (χ1n) is 5.71. The van der Waals surface area contributed by atoms with Crippen LogP contribution < -0.4 is 0 Å². The second-order valence-corrected chi connectivity index (χ2v) is 3.77. The lowest BCUT2D eigenvalue weighted by molar-refractivity contribution is -0.135. The van der Waals surface area contributed by atoms with E-state index in [0.29, 0.717) is 12.3 Å². The molecule has 0 saturated carbocycles. The fraction of sp³-hybridized carbons (Fsp3) is 0.818. The van der Waals surface area contributed by atoms with Crippen molar-refractivity contribution in [1.82, 2.24) is 5.01 Å². The molecule has 86 valence electrons. The lowest BCUT2D eigenvalue weighted by atomic mass is 10.2. The van der Waals surface area contributed by atoms with Crippen LogP contribution in [0.2, 0.25) is 0 Å². The Balaban J connectivity index is 2.48. The van der Waals surface area contributed by atoms with Gasteiger partial charge >= 0.3 is 5.97 Å². The molecule has 15 heavy (non-hydrogen) atoms. The molecule has 1 fully saturated rings. The van der Waals surface area contributed by atoms with Crippen LogP contribution >= 0.6 is 0 Å². The molecular formula is C11H20N2O2. The maximum absolute atomic E-state index is 11.3. The van der Waals surface area contributed by atoms with Gasteiger partial charge < -0.3 is 4.74 Å². The molecule has 0 aromatic heterocycles. The zero-order valence-corrected chi connectivity index (χ0v) is 9.66. The highest BCUT2D eigenvalue weighted by atomic mass is 16.5. The molecule has 1 aliphatic heterocycles. The minimum Gasteiger partial charge on any atom is -0.461 e. The number of carbonyl (C=O) groups is 1. The van der Waals surface area contributed by atoms with Crippen LogP contribution in [0, 0.1) is 0 Å². The van der Waals surface area contributed by atoms with Crippen molar-refractivity contribution in [3.8, 4) is 0 Å². The van der Waals surface area contributed by atoms with Crippen LogP contribution in [0.4, 0.5) is 0 Å². The molecule has 1 saturated heterocycles. The number of nitrogens with zero attached hydrogens (tertiary/aromatic N) is 2. The predicted molar refractivity (Wildman–Crippen MR) is 59.8 cm³/mol. The Kier molecular flexibility index (Phi) is 5.15. The van der Waals surface area contributed by atoms with Crippen LogP contribution in [0.3, 0.4) is 0 Å². The molecule has 4 nitrogen and oxygen atoms in total. The summed E-state index contributed by atoms with van der Waals surface area (Å²) in [6.07, 6.45) is 4.87. The van der Waals surface area contributed by atoms with E-state index in [0.717, 1.165) is 13.1 Å². The summed E-state index contributed by atoms with van der Waals surface area (Å²) >= 11 is 0. The summed E-state index contributed by atoms with van der Waals surface area (Å²) < 4.78 is 4.88. The van der Waals surface area contributed by atoms with E-state index in [1.54, 1.807) is 13.8 Å². The Bertz CT molecular complexity index is 231. The molecule has 0 aliphatic carbocycles. The van der Waals surface area contributed by atoms with E-state index in [2.05, 4.69) is 5.10 Å². The number of hydrogen-bond donors (Lipinski definition) is 0. The van der Waals surface area contributed by atoms with Gasteiger partial charge in [-0.25, -0.2) is 4.79 Å². The fourth-order valence-electron chi connectivity index (χ4n) is 1.64. The number of hydrogen-bond acceptors (Lipinski definition) is 4. The van der Waals surface area contributed by atoms with Gasteiger partial charge in [0, 0.05) is 13.1 Å². The third-order valence-corrected chi connectivity index (χ3v) is 2.44. The van der Waals surface area contributed by atoms with Crippen molar-refractivity contribution in [1.29, 1.82) is 0 Å². The Morgan fingerprint density at radius 3 is 2.40 bits per heavy atom. The van der Waals surface area contributed by atoms with Gasteiger partial charge in [0.05, 0.1) is 6.61 Å². The van der Waals surface area contributed by atoms with Crippen LogP contribution in [0.15, 0.2) is 5.10 Å². The van der Waals surface area contributed by atoms with Crippen molar-refractivity contribution in [2.45, 2.75) is 39.5 Å². The quantitative estimate of drug-likeness (QED) is 0.529. The second kappa shape index (κ2) is 6.43. The van der Waals surface area contributed by atoms with E-state index >= 15 is 0 Å². The van der Waals surface area contributed by atoms with Gasteiger partial charge in [0.25, 0.3) is 0 Å². The summed E-state index contributed by atoms with van der Waals surface area (Å²) in [5.41, 5.74) is 0.457. The molecule has 0 aromatic carbocycles. The summed E-state index contributed by atoms with van der Waals surface area (Å²) in [5, 5.41) is 6.28. The van der Waals surface area contributed by atoms with Gasteiger partial charge in [0.2, 0.25) is 0 Å². The average Bonchev–Trinajstić information content (AvgIpc) is 2.46. The van der Waals surface area contributed by atoms with Gasteiger partial charge in [0.1, 0.15) is 5.71 Å². The molecule has 0 bridgehead atoms.